The van der Waals surface area contributed by atoms with Gasteiger partial charge in [-0.15, -0.1) is 0 Å². The quantitative estimate of drug-likeness (QED) is 0.608. The van der Waals surface area contributed by atoms with Crippen LogP contribution in [0.2, 0.25) is 0 Å². The van der Waals surface area contributed by atoms with Crippen molar-refractivity contribution in [3.8, 4) is 5.75 Å². The van der Waals surface area contributed by atoms with E-state index in [4.69, 9.17) is 4.74 Å². The topological polar surface area (TPSA) is 68.2 Å². The van der Waals surface area contributed by atoms with Gasteiger partial charge < -0.3 is 9.64 Å². The Balaban J connectivity index is 1.85. The number of hydrogen-bond donors (Lipinski definition) is 0. The SMILES string of the molecule is COc1cccc(CN(Cc2cccnc2)c2nc(CC(C)=O)ns2)c1. The molecule has 0 radical (unpaired) electrons. The van der Waals surface area contributed by atoms with Crippen LogP contribution in [0.3, 0.4) is 0 Å². The van der Waals surface area contributed by atoms with E-state index in [1.165, 1.54) is 11.5 Å². The first-order chi connectivity index (χ1) is 12.6. The fraction of sp³-hybridized carbons (Fsp3) is 0.263. The predicted molar refractivity (Wildman–Crippen MR) is 101 cm³/mol. The van der Waals surface area contributed by atoms with Crippen molar-refractivity contribution in [1.82, 2.24) is 14.3 Å². The van der Waals surface area contributed by atoms with Crippen LogP contribution in [0.25, 0.3) is 0 Å². The van der Waals surface area contributed by atoms with Crippen molar-refractivity contribution in [2.75, 3.05) is 12.0 Å². The monoisotopic (exact) mass is 368 g/mol. The highest BCUT2D eigenvalue weighted by Gasteiger charge is 2.15. The molecule has 0 spiro atoms. The fourth-order valence-electron chi connectivity index (χ4n) is 2.56. The summed E-state index contributed by atoms with van der Waals surface area (Å²) in [5, 5.41) is 0.785. The van der Waals surface area contributed by atoms with Crippen LogP contribution < -0.4 is 9.64 Å². The molecule has 6 nitrogen and oxygen atoms in total. The van der Waals surface area contributed by atoms with Crippen LogP contribution in [0, 0.1) is 0 Å². The average molecular weight is 368 g/mol. The normalized spacial score (nSPS) is 10.5. The highest BCUT2D eigenvalue weighted by molar-refractivity contribution is 7.09. The third-order valence-electron chi connectivity index (χ3n) is 3.74. The van der Waals surface area contributed by atoms with Crippen molar-refractivity contribution in [2.45, 2.75) is 26.4 Å². The number of Topliss-reactive ketones (excluding diaryl/α,β-unsaturated/α-hetero) is 1. The summed E-state index contributed by atoms with van der Waals surface area (Å²) in [5.74, 6) is 1.44. The van der Waals surface area contributed by atoms with E-state index >= 15 is 0 Å². The van der Waals surface area contributed by atoms with Gasteiger partial charge in [0.2, 0.25) is 5.13 Å². The molecule has 3 rings (SSSR count). The summed E-state index contributed by atoms with van der Waals surface area (Å²) in [4.78, 5) is 22.2. The number of methoxy groups -OCH3 is 1. The van der Waals surface area contributed by atoms with E-state index in [-0.39, 0.29) is 12.2 Å². The number of ether oxygens (including phenoxy) is 1. The van der Waals surface area contributed by atoms with E-state index in [1.807, 2.05) is 36.5 Å². The second-order valence-electron chi connectivity index (χ2n) is 5.94. The van der Waals surface area contributed by atoms with Crippen molar-refractivity contribution < 1.29 is 9.53 Å². The molecule has 2 aromatic heterocycles. The van der Waals surface area contributed by atoms with E-state index in [1.54, 1.807) is 20.2 Å². The van der Waals surface area contributed by atoms with Crippen molar-refractivity contribution in [1.29, 1.82) is 0 Å². The molecule has 0 atom stereocenters. The fourth-order valence-corrected chi connectivity index (χ4v) is 3.25. The largest absolute Gasteiger partial charge is 0.497 e. The van der Waals surface area contributed by atoms with Crippen molar-refractivity contribution in [3.05, 3.63) is 65.7 Å². The van der Waals surface area contributed by atoms with Crippen LogP contribution in [0.4, 0.5) is 5.13 Å². The summed E-state index contributed by atoms with van der Waals surface area (Å²) in [7, 11) is 1.66. The van der Waals surface area contributed by atoms with Gasteiger partial charge in [-0.2, -0.15) is 4.37 Å². The Hall–Kier alpha value is -2.80. The molecule has 0 aliphatic heterocycles. The third-order valence-corrected chi connectivity index (χ3v) is 4.55. The molecule has 0 fully saturated rings. The molecule has 0 aliphatic carbocycles. The van der Waals surface area contributed by atoms with Crippen LogP contribution in [0.5, 0.6) is 5.75 Å². The van der Waals surface area contributed by atoms with Crippen LogP contribution in [0.15, 0.2) is 48.8 Å². The van der Waals surface area contributed by atoms with Gasteiger partial charge in [0.15, 0.2) is 5.82 Å². The van der Waals surface area contributed by atoms with Gasteiger partial charge in [0.1, 0.15) is 11.5 Å². The molecule has 26 heavy (non-hydrogen) atoms. The Morgan fingerprint density at radius 3 is 2.73 bits per heavy atom. The summed E-state index contributed by atoms with van der Waals surface area (Å²) in [6.07, 6.45) is 3.86. The van der Waals surface area contributed by atoms with E-state index in [0.29, 0.717) is 18.9 Å². The molecule has 7 heteroatoms. The Morgan fingerprint density at radius 2 is 2.00 bits per heavy atom. The number of pyridine rings is 1. The Morgan fingerprint density at radius 1 is 1.19 bits per heavy atom. The van der Waals surface area contributed by atoms with Gasteiger partial charge in [0.25, 0.3) is 0 Å². The lowest BCUT2D eigenvalue weighted by molar-refractivity contribution is -0.116. The molecule has 0 saturated carbocycles. The minimum atomic E-state index is 0.0564. The lowest BCUT2D eigenvalue weighted by Crippen LogP contribution is -2.22. The molecule has 3 aromatic rings. The number of carbonyl (C=O) groups is 1. The molecule has 0 unspecified atom stereocenters. The maximum Gasteiger partial charge on any atom is 0.205 e. The minimum Gasteiger partial charge on any atom is -0.497 e. The molecular formula is C19H20N4O2S. The summed E-state index contributed by atoms with van der Waals surface area (Å²) in [6.45, 7) is 2.85. The van der Waals surface area contributed by atoms with E-state index in [0.717, 1.165) is 22.0 Å². The second-order valence-corrected chi connectivity index (χ2v) is 6.67. The van der Waals surface area contributed by atoms with Crippen LogP contribution in [0.1, 0.15) is 23.9 Å². The summed E-state index contributed by atoms with van der Waals surface area (Å²) >= 11 is 1.31. The predicted octanol–water partition coefficient (Wildman–Crippen LogP) is 3.28. The van der Waals surface area contributed by atoms with Gasteiger partial charge >= 0.3 is 0 Å². The number of rotatable bonds is 8. The first-order valence-electron chi connectivity index (χ1n) is 8.23. The maximum atomic E-state index is 11.3. The minimum absolute atomic E-state index is 0.0564. The summed E-state index contributed by atoms with van der Waals surface area (Å²) in [5.41, 5.74) is 2.19. The molecule has 0 aliphatic rings. The van der Waals surface area contributed by atoms with Gasteiger partial charge in [-0.3, -0.25) is 9.78 Å². The van der Waals surface area contributed by atoms with Gasteiger partial charge in [-0.05, 0) is 36.2 Å². The van der Waals surface area contributed by atoms with Crippen LogP contribution >= 0.6 is 11.5 Å². The van der Waals surface area contributed by atoms with E-state index in [9.17, 15) is 4.79 Å². The number of nitrogens with zero attached hydrogens (tertiary/aromatic N) is 4. The molecule has 0 amide bonds. The van der Waals surface area contributed by atoms with Crippen molar-refractivity contribution in [2.24, 2.45) is 0 Å². The van der Waals surface area contributed by atoms with E-state index in [2.05, 4.69) is 25.3 Å². The van der Waals surface area contributed by atoms with Crippen molar-refractivity contribution in [3.63, 3.8) is 0 Å². The smallest absolute Gasteiger partial charge is 0.205 e. The number of benzene rings is 1. The number of hydrogen-bond acceptors (Lipinski definition) is 7. The molecule has 0 bridgehead atoms. The highest BCUT2D eigenvalue weighted by Crippen LogP contribution is 2.24. The summed E-state index contributed by atoms with van der Waals surface area (Å²) in [6, 6.07) is 11.9. The molecule has 0 saturated heterocycles. The van der Waals surface area contributed by atoms with Gasteiger partial charge in [0.05, 0.1) is 13.5 Å². The summed E-state index contributed by atoms with van der Waals surface area (Å²) < 4.78 is 9.64. The van der Waals surface area contributed by atoms with Gasteiger partial charge in [0, 0.05) is 37.0 Å². The van der Waals surface area contributed by atoms with Gasteiger partial charge in [-0.25, -0.2) is 4.98 Å². The number of ketones is 1. The molecular weight excluding hydrogens is 348 g/mol. The first-order valence-corrected chi connectivity index (χ1v) is 9.00. The van der Waals surface area contributed by atoms with E-state index < -0.39 is 0 Å². The Kier molecular flexibility index (Phi) is 5.91. The Bertz CT molecular complexity index is 867. The Labute approximate surface area is 156 Å². The number of carbonyl (C=O) groups excluding carboxylic acids is 1. The molecule has 1 aromatic carbocycles. The zero-order valence-corrected chi connectivity index (χ0v) is 15.6. The molecule has 134 valence electrons. The maximum absolute atomic E-state index is 11.3. The van der Waals surface area contributed by atoms with Crippen LogP contribution in [-0.4, -0.2) is 27.2 Å². The zero-order chi connectivity index (χ0) is 18.4. The number of aromatic nitrogens is 3. The standard InChI is InChI=1S/C19H20N4O2S/c1-14(24)9-18-21-19(26-22-18)23(13-16-6-4-8-20-11-16)12-15-5-3-7-17(10-15)25-2/h3-8,10-11H,9,12-13H2,1-2H3. The first kappa shape index (κ1) is 18.0. The molecule has 0 N–H and O–H groups in total. The second kappa shape index (κ2) is 8.53. The average Bonchev–Trinajstić information content (AvgIpc) is 3.10. The zero-order valence-electron chi connectivity index (χ0n) is 14.8. The number of anilines is 1. The molecule has 2 heterocycles. The van der Waals surface area contributed by atoms with Crippen LogP contribution in [-0.2, 0) is 24.3 Å². The third kappa shape index (κ3) is 4.86. The van der Waals surface area contributed by atoms with Gasteiger partial charge in [-0.1, -0.05) is 18.2 Å². The lowest BCUT2D eigenvalue weighted by atomic mass is 10.2. The highest BCUT2D eigenvalue weighted by atomic mass is 32.1. The van der Waals surface area contributed by atoms with Crippen molar-refractivity contribution >= 4 is 22.4 Å². The lowest BCUT2D eigenvalue weighted by Gasteiger charge is -2.21.